The number of thiophene rings is 1. The molecule has 0 bridgehead atoms. The number of hydrogen-bond donors (Lipinski definition) is 0. The highest BCUT2D eigenvalue weighted by atomic mass is 32.1. The van der Waals surface area contributed by atoms with E-state index in [1.54, 1.807) is 22.2 Å². The fraction of sp³-hybridized carbons (Fsp3) is 0.231. The monoisotopic (exact) mass is 244 g/mol. The Morgan fingerprint density at radius 3 is 3.12 bits per heavy atom. The maximum absolute atomic E-state index is 12.2. The molecule has 0 aromatic carbocycles. The van der Waals surface area contributed by atoms with Gasteiger partial charge < -0.3 is 0 Å². The summed E-state index contributed by atoms with van der Waals surface area (Å²) in [6.45, 7) is 0. The molecule has 0 radical (unpaired) electrons. The lowest BCUT2D eigenvalue weighted by Gasteiger charge is -2.12. The van der Waals surface area contributed by atoms with Gasteiger partial charge in [0.2, 0.25) is 0 Å². The van der Waals surface area contributed by atoms with Gasteiger partial charge in [-0.2, -0.15) is 5.10 Å². The van der Waals surface area contributed by atoms with E-state index < -0.39 is 0 Å². The van der Waals surface area contributed by atoms with E-state index in [-0.39, 0.29) is 5.78 Å². The zero-order valence-electron chi connectivity index (χ0n) is 9.51. The lowest BCUT2D eigenvalue weighted by Crippen LogP contribution is -2.11. The average molecular weight is 244 g/mol. The summed E-state index contributed by atoms with van der Waals surface area (Å²) in [5.74, 6) is 0.177. The number of nitrogens with zero attached hydrogens (tertiary/aromatic N) is 2. The average Bonchev–Trinajstić information content (AvgIpc) is 2.92. The van der Waals surface area contributed by atoms with E-state index in [0.717, 1.165) is 29.5 Å². The van der Waals surface area contributed by atoms with Crippen LogP contribution in [0.5, 0.6) is 0 Å². The van der Waals surface area contributed by atoms with Gasteiger partial charge in [-0.3, -0.25) is 9.48 Å². The van der Waals surface area contributed by atoms with E-state index in [4.69, 9.17) is 0 Å². The Kier molecular flexibility index (Phi) is 2.44. The Morgan fingerprint density at radius 2 is 2.35 bits per heavy atom. The van der Waals surface area contributed by atoms with Crippen LogP contribution in [0.3, 0.4) is 0 Å². The van der Waals surface area contributed by atoms with Crippen LogP contribution in [-0.2, 0) is 13.5 Å². The number of Topliss-reactive ketones (excluding diaryl/α,β-unsaturated/α-hetero) is 1. The van der Waals surface area contributed by atoms with Crippen molar-refractivity contribution in [1.29, 1.82) is 0 Å². The SMILES string of the molecule is Cn1cc(C=C2CCc3sccc3C2=O)cn1. The van der Waals surface area contributed by atoms with Crippen LogP contribution < -0.4 is 0 Å². The molecule has 2 aromatic heterocycles. The molecular weight excluding hydrogens is 232 g/mol. The van der Waals surface area contributed by atoms with Gasteiger partial charge in [-0.1, -0.05) is 0 Å². The van der Waals surface area contributed by atoms with Gasteiger partial charge in [-0.25, -0.2) is 0 Å². The molecule has 0 saturated heterocycles. The van der Waals surface area contributed by atoms with Crippen LogP contribution in [0.1, 0.15) is 27.2 Å². The van der Waals surface area contributed by atoms with Crippen LogP contribution in [0.15, 0.2) is 29.4 Å². The maximum Gasteiger partial charge on any atom is 0.190 e. The van der Waals surface area contributed by atoms with Crippen molar-refractivity contribution in [2.75, 3.05) is 0 Å². The lowest BCUT2D eigenvalue weighted by molar-refractivity contribution is 0.102. The number of allylic oxidation sites excluding steroid dienone is 1. The molecule has 0 fully saturated rings. The number of rotatable bonds is 1. The Bertz CT molecular complexity index is 606. The van der Waals surface area contributed by atoms with Crippen LogP contribution >= 0.6 is 11.3 Å². The first-order chi connectivity index (χ1) is 8.24. The van der Waals surface area contributed by atoms with Crippen molar-refractivity contribution >= 4 is 23.2 Å². The van der Waals surface area contributed by atoms with E-state index in [9.17, 15) is 4.79 Å². The summed E-state index contributed by atoms with van der Waals surface area (Å²) < 4.78 is 1.75. The van der Waals surface area contributed by atoms with Gasteiger partial charge in [0.25, 0.3) is 0 Å². The molecule has 0 saturated carbocycles. The van der Waals surface area contributed by atoms with Gasteiger partial charge in [-0.05, 0) is 30.4 Å². The van der Waals surface area contributed by atoms with Crippen molar-refractivity contribution < 1.29 is 4.79 Å². The first-order valence-electron chi connectivity index (χ1n) is 5.54. The molecule has 0 aliphatic heterocycles. The number of carbonyl (C=O) groups excluding carboxylic acids is 1. The molecule has 1 aliphatic rings. The lowest BCUT2D eigenvalue weighted by atomic mass is 9.91. The largest absolute Gasteiger partial charge is 0.289 e. The van der Waals surface area contributed by atoms with Gasteiger partial charge in [0, 0.05) is 34.8 Å². The smallest absolute Gasteiger partial charge is 0.190 e. The van der Waals surface area contributed by atoms with E-state index in [2.05, 4.69) is 5.10 Å². The van der Waals surface area contributed by atoms with Crippen molar-refractivity contribution in [2.45, 2.75) is 12.8 Å². The summed E-state index contributed by atoms with van der Waals surface area (Å²) in [4.78, 5) is 13.4. The highest BCUT2D eigenvalue weighted by molar-refractivity contribution is 7.10. The summed E-state index contributed by atoms with van der Waals surface area (Å²) in [5.41, 5.74) is 2.77. The van der Waals surface area contributed by atoms with E-state index in [1.807, 2.05) is 30.8 Å². The zero-order valence-corrected chi connectivity index (χ0v) is 10.3. The molecule has 3 nitrogen and oxygen atoms in total. The Hall–Kier alpha value is -1.68. The molecule has 2 aromatic rings. The van der Waals surface area contributed by atoms with Crippen molar-refractivity contribution in [3.63, 3.8) is 0 Å². The number of ketones is 1. The molecule has 2 heterocycles. The molecular formula is C13H12N2OS. The maximum atomic E-state index is 12.2. The Morgan fingerprint density at radius 1 is 1.47 bits per heavy atom. The van der Waals surface area contributed by atoms with Crippen LogP contribution in [0.4, 0.5) is 0 Å². The second-order valence-electron chi connectivity index (χ2n) is 4.20. The topological polar surface area (TPSA) is 34.9 Å². The molecule has 0 unspecified atom stereocenters. The minimum absolute atomic E-state index is 0.177. The summed E-state index contributed by atoms with van der Waals surface area (Å²) in [5, 5.41) is 6.10. The highest BCUT2D eigenvalue weighted by Gasteiger charge is 2.22. The number of hydrogen-bond acceptors (Lipinski definition) is 3. The predicted octanol–water partition coefficient (Wildman–Crippen LogP) is 2.69. The molecule has 86 valence electrons. The van der Waals surface area contributed by atoms with Gasteiger partial charge in [0.15, 0.2) is 5.78 Å². The van der Waals surface area contributed by atoms with Crippen molar-refractivity contribution in [1.82, 2.24) is 9.78 Å². The summed E-state index contributed by atoms with van der Waals surface area (Å²) >= 11 is 1.68. The molecule has 17 heavy (non-hydrogen) atoms. The van der Waals surface area contributed by atoms with Crippen LogP contribution in [0.2, 0.25) is 0 Å². The standard InChI is InChI=1S/C13H12N2OS/c1-15-8-9(7-14-15)6-10-2-3-12-11(13(10)16)4-5-17-12/h4-8H,2-3H2,1H3. The zero-order chi connectivity index (χ0) is 11.8. The number of carbonyl (C=O) groups is 1. The van der Waals surface area contributed by atoms with E-state index in [1.165, 1.54) is 4.88 Å². The Labute approximate surface area is 103 Å². The predicted molar refractivity (Wildman–Crippen MR) is 68.2 cm³/mol. The summed E-state index contributed by atoms with van der Waals surface area (Å²) in [6.07, 6.45) is 7.47. The van der Waals surface area contributed by atoms with E-state index >= 15 is 0 Å². The molecule has 0 N–H and O–H groups in total. The first-order valence-corrected chi connectivity index (χ1v) is 6.42. The molecule has 1 aliphatic carbocycles. The van der Waals surface area contributed by atoms with Gasteiger partial charge in [0.05, 0.1) is 6.20 Å². The summed E-state index contributed by atoms with van der Waals surface area (Å²) in [6, 6.07) is 1.93. The summed E-state index contributed by atoms with van der Waals surface area (Å²) in [7, 11) is 1.88. The van der Waals surface area contributed by atoms with Crippen molar-refractivity contribution in [3.8, 4) is 0 Å². The third-order valence-electron chi connectivity index (χ3n) is 2.97. The normalized spacial score (nSPS) is 17.5. The fourth-order valence-electron chi connectivity index (χ4n) is 2.12. The molecule has 0 atom stereocenters. The Balaban J connectivity index is 1.97. The first kappa shape index (κ1) is 10.5. The molecule has 3 rings (SSSR count). The van der Waals surface area contributed by atoms with Crippen LogP contribution in [0.25, 0.3) is 6.08 Å². The van der Waals surface area contributed by atoms with E-state index in [0.29, 0.717) is 0 Å². The minimum Gasteiger partial charge on any atom is -0.289 e. The number of aromatic nitrogens is 2. The van der Waals surface area contributed by atoms with Crippen LogP contribution in [-0.4, -0.2) is 15.6 Å². The third-order valence-corrected chi connectivity index (χ3v) is 3.95. The van der Waals surface area contributed by atoms with Gasteiger partial charge >= 0.3 is 0 Å². The number of fused-ring (bicyclic) bond motifs is 1. The second kappa shape index (κ2) is 3.96. The van der Waals surface area contributed by atoms with Crippen molar-refractivity contribution in [2.24, 2.45) is 7.05 Å². The second-order valence-corrected chi connectivity index (χ2v) is 5.20. The number of aryl methyl sites for hydroxylation is 2. The minimum atomic E-state index is 0.177. The molecule has 4 heteroatoms. The fourth-order valence-corrected chi connectivity index (χ4v) is 3.00. The van der Waals surface area contributed by atoms with Gasteiger partial charge in [-0.15, -0.1) is 11.3 Å². The van der Waals surface area contributed by atoms with Gasteiger partial charge in [0.1, 0.15) is 0 Å². The third kappa shape index (κ3) is 1.85. The van der Waals surface area contributed by atoms with Crippen molar-refractivity contribution in [3.05, 3.63) is 45.4 Å². The molecule has 0 amide bonds. The molecule has 0 spiro atoms. The quantitative estimate of drug-likeness (QED) is 0.723. The highest BCUT2D eigenvalue weighted by Crippen LogP contribution is 2.29. The van der Waals surface area contributed by atoms with Crippen LogP contribution in [0, 0.1) is 0 Å².